The van der Waals surface area contributed by atoms with Gasteiger partial charge in [-0.25, -0.2) is 14.8 Å². The third kappa shape index (κ3) is 3.20. The highest BCUT2D eigenvalue weighted by atomic mass is 32.2. The topological polar surface area (TPSA) is 113 Å². The maximum absolute atomic E-state index is 11.1. The van der Waals surface area contributed by atoms with Gasteiger partial charge in [-0.15, -0.1) is 23.1 Å². The van der Waals surface area contributed by atoms with Crippen molar-refractivity contribution in [3.63, 3.8) is 0 Å². The van der Waals surface area contributed by atoms with E-state index in [1.165, 1.54) is 35.2 Å². The Bertz CT molecular complexity index is 991. The van der Waals surface area contributed by atoms with Gasteiger partial charge < -0.3 is 10.8 Å². The third-order valence-corrected chi connectivity index (χ3v) is 5.83. The molecular formula is C17H12N4O2S2. The lowest BCUT2D eigenvalue weighted by Crippen LogP contribution is -1.96. The first kappa shape index (κ1) is 17.0. The summed E-state index contributed by atoms with van der Waals surface area (Å²) in [5.74, 6) is -0.840. The molecule has 0 saturated carbocycles. The van der Waals surface area contributed by atoms with Crippen LogP contribution >= 0.6 is 23.1 Å². The molecule has 0 aliphatic heterocycles. The number of hydrogen-bond acceptors (Lipinski definition) is 7. The molecule has 8 heteroatoms. The van der Waals surface area contributed by atoms with Crippen LogP contribution in [0.15, 0.2) is 40.7 Å². The van der Waals surface area contributed by atoms with E-state index in [-0.39, 0.29) is 11.5 Å². The Hall–Kier alpha value is -2.89. The molecule has 0 aliphatic carbocycles. The molecule has 0 unspecified atom stereocenters. The number of nitriles is 1. The number of hydrogen-bond donors (Lipinski definition) is 2. The Balaban J connectivity index is 2.25. The fourth-order valence-electron chi connectivity index (χ4n) is 2.39. The van der Waals surface area contributed by atoms with E-state index in [0.717, 1.165) is 20.2 Å². The Morgan fingerprint density at radius 2 is 2.04 bits per heavy atom. The monoisotopic (exact) mass is 368 g/mol. The molecular weight excluding hydrogens is 356 g/mol. The number of nitrogens with two attached hydrogens (primary N) is 1. The lowest BCUT2D eigenvalue weighted by Gasteiger charge is -2.06. The van der Waals surface area contributed by atoms with Crippen molar-refractivity contribution in [1.82, 2.24) is 9.97 Å². The number of carboxylic acids is 1. The van der Waals surface area contributed by atoms with Crippen molar-refractivity contribution in [2.24, 2.45) is 0 Å². The van der Waals surface area contributed by atoms with Gasteiger partial charge in [0.05, 0.1) is 25.9 Å². The zero-order chi connectivity index (χ0) is 18.0. The number of thioether (sulfide) groups is 1. The summed E-state index contributed by atoms with van der Waals surface area (Å²) in [4.78, 5) is 20.0. The molecule has 0 amide bonds. The Kier molecular flexibility index (Phi) is 4.70. The Morgan fingerprint density at radius 1 is 1.32 bits per heavy atom. The van der Waals surface area contributed by atoms with Crippen LogP contribution in [0.3, 0.4) is 0 Å². The first-order valence-electron chi connectivity index (χ1n) is 7.08. The fraction of sp³-hybridized carbons (Fsp3) is 0.0588. The molecule has 0 saturated heterocycles. The van der Waals surface area contributed by atoms with Crippen LogP contribution in [0.2, 0.25) is 0 Å². The highest BCUT2D eigenvalue weighted by Gasteiger charge is 2.21. The summed E-state index contributed by atoms with van der Waals surface area (Å²) >= 11 is 2.94. The largest absolute Gasteiger partial charge is 0.478 e. The van der Waals surface area contributed by atoms with Crippen LogP contribution in [0, 0.1) is 11.3 Å². The molecule has 1 aromatic carbocycles. The van der Waals surface area contributed by atoms with Crippen LogP contribution in [-0.2, 0) is 0 Å². The average molecular weight is 368 g/mol. The quantitative estimate of drug-likeness (QED) is 0.674. The normalized spacial score (nSPS) is 10.4. The van der Waals surface area contributed by atoms with E-state index in [9.17, 15) is 10.1 Å². The zero-order valence-corrected chi connectivity index (χ0v) is 14.7. The third-order valence-electron chi connectivity index (χ3n) is 3.50. The SMILES string of the molecule is CSc1sc(-c2ccnc(N)n2)c(-c2ccc(C(=O)O)cc2)c1C#N. The Morgan fingerprint density at radius 3 is 2.60 bits per heavy atom. The summed E-state index contributed by atoms with van der Waals surface area (Å²) in [7, 11) is 0. The summed E-state index contributed by atoms with van der Waals surface area (Å²) in [5.41, 5.74) is 8.55. The molecule has 2 aromatic heterocycles. The minimum Gasteiger partial charge on any atom is -0.478 e. The molecule has 0 aliphatic rings. The van der Waals surface area contributed by atoms with Crippen LogP contribution in [0.4, 0.5) is 5.95 Å². The van der Waals surface area contributed by atoms with Crippen molar-refractivity contribution >= 4 is 35.0 Å². The van der Waals surface area contributed by atoms with Gasteiger partial charge in [-0.2, -0.15) is 5.26 Å². The summed E-state index contributed by atoms with van der Waals surface area (Å²) in [6, 6.07) is 10.4. The number of rotatable bonds is 4. The Labute approximate surface area is 152 Å². The van der Waals surface area contributed by atoms with Gasteiger partial charge in [0, 0.05) is 11.8 Å². The summed E-state index contributed by atoms with van der Waals surface area (Å²) in [6.07, 6.45) is 3.47. The molecule has 3 aromatic rings. The summed E-state index contributed by atoms with van der Waals surface area (Å²) in [5, 5.41) is 18.7. The van der Waals surface area contributed by atoms with E-state index in [2.05, 4.69) is 16.0 Å². The second-order valence-corrected chi connectivity index (χ2v) is 7.06. The van der Waals surface area contributed by atoms with Crippen molar-refractivity contribution in [3.8, 4) is 27.8 Å². The molecule has 0 radical (unpaired) electrons. The van der Waals surface area contributed by atoms with Gasteiger partial charge in [-0.05, 0) is 30.0 Å². The van der Waals surface area contributed by atoms with Gasteiger partial charge in [-0.3, -0.25) is 0 Å². The van der Waals surface area contributed by atoms with Crippen LogP contribution in [0.1, 0.15) is 15.9 Å². The van der Waals surface area contributed by atoms with Crippen LogP contribution in [-0.4, -0.2) is 27.3 Å². The van der Waals surface area contributed by atoms with E-state index in [4.69, 9.17) is 10.8 Å². The first-order chi connectivity index (χ1) is 12.0. The summed E-state index contributed by atoms with van der Waals surface area (Å²) in [6.45, 7) is 0. The minimum absolute atomic E-state index is 0.155. The first-order valence-corrected chi connectivity index (χ1v) is 9.12. The van der Waals surface area contributed by atoms with Gasteiger partial charge in [0.2, 0.25) is 5.95 Å². The fourth-order valence-corrected chi connectivity index (χ4v) is 4.30. The van der Waals surface area contributed by atoms with Gasteiger partial charge in [0.1, 0.15) is 6.07 Å². The van der Waals surface area contributed by atoms with Crippen molar-refractivity contribution in [3.05, 3.63) is 47.7 Å². The van der Waals surface area contributed by atoms with Gasteiger partial charge in [-0.1, -0.05) is 12.1 Å². The molecule has 0 spiro atoms. The molecule has 6 nitrogen and oxygen atoms in total. The van der Waals surface area contributed by atoms with Gasteiger partial charge >= 0.3 is 5.97 Å². The smallest absolute Gasteiger partial charge is 0.335 e. The van der Waals surface area contributed by atoms with Crippen LogP contribution in [0.25, 0.3) is 21.7 Å². The summed E-state index contributed by atoms with van der Waals surface area (Å²) < 4.78 is 0.868. The molecule has 0 fully saturated rings. The van der Waals surface area contributed by atoms with Crippen LogP contribution in [0.5, 0.6) is 0 Å². The number of benzene rings is 1. The predicted molar refractivity (Wildman–Crippen MR) is 98.6 cm³/mol. The second kappa shape index (κ2) is 6.93. The zero-order valence-electron chi connectivity index (χ0n) is 13.1. The maximum atomic E-state index is 11.1. The number of carbonyl (C=O) groups is 1. The van der Waals surface area contributed by atoms with Gasteiger partial charge in [0.25, 0.3) is 0 Å². The lowest BCUT2D eigenvalue weighted by molar-refractivity contribution is 0.0697. The van der Waals surface area contributed by atoms with E-state index in [0.29, 0.717) is 11.3 Å². The van der Waals surface area contributed by atoms with Crippen molar-refractivity contribution in [2.45, 2.75) is 4.21 Å². The molecule has 3 rings (SSSR count). The molecule has 25 heavy (non-hydrogen) atoms. The maximum Gasteiger partial charge on any atom is 0.335 e. The minimum atomic E-state index is -0.994. The highest BCUT2D eigenvalue weighted by Crippen LogP contribution is 2.45. The number of nitrogens with zero attached hydrogens (tertiary/aromatic N) is 3. The van der Waals surface area contributed by atoms with E-state index >= 15 is 0 Å². The predicted octanol–water partition coefficient (Wildman–Crippen LogP) is 3.75. The molecule has 0 atom stereocenters. The van der Waals surface area contributed by atoms with Gasteiger partial charge in [0.15, 0.2) is 0 Å². The van der Waals surface area contributed by atoms with Crippen LogP contribution < -0.4 is 5.73 Å². The number of nitrogen functional groups attached to an aromatic ring is 1. The van der Waals surface area contributed by atoms with E-state index in [1.807, 2.05) is 6.26 Å². The number of anilines is 1. The standard InChI is InChI=1S/C17H12N4O2S2/c1-24-16-11(8-18)13(9-2-4-10(5-3-9)15(22)23)14(25-16)12-6-7-20-17(19)21-12/h2-7H,1H3,(H,22,23)(H2,19,20,21). The van der Waals surface area contributed by atoms with Crippen molar-refractivity contribution in [1.29, 1.82) is 5.26 Å². The number of aromatic nitrogens is 2. The lowest BCUT2D eigenvalue weighted by atomic mass is 9.99. The molecule has 124 valence electrons. The number of thiophene rings is 1. The van der Waals surface area contributed by atoms with Crippen molar-refractivity contribution in [2.75, 3.05) is 12.0 Å². The molecule has 0 bridgehead atoms. The van der Waals surface area contributed by atoms with E-state index < -0.39 is 5.97 Å². The number of carboxylic acid groups (broad SMARTS) is 1. The van der Waals surface area contributed by atoms with Crippen molar-refractivity contribution < 1.29 is 9.90 Å². The molecule has 2 heterocycles. The number of aromatic carboxylic acids is 1. The highest BCUT2D eigenvalue weighted by molar-refractivity contribution is 8.00. The van der Waals surface area contributed by atoms with E-state index in [1.54, 1.807) is 24.4 Å². The average Bonchev–Trinajstić information content (AvgIpc) is 3.00. The molecule has 3 N–H and O–H groups in total. The second-order valence-electron chi connectivity index (χ2n) is 4.97.